The fraction of sp³-hybridized carbons (Fsp3) is 1.00. The van der Waals surface area contributed by atoms with Crippen LogP contribution in [0.15, 0.2) is 0 Å². The van der Waals surface area contributed by atoms with Gasteiger partial charge in [-0.1, -0.05) is 0 Å². The van der Waals surface area contributed by atoms with Crippen molar-refractivity contribution in [3.63, 3.8) is 0 Å². The van der Waals surface area contributed by atoms with Crippen LogP contribution in [-0.2, 0) is 4.74 Å². The average molecular weight is 234 g/mol. The molecular weight excluding hydrogens is 212 g/mol. The standard InChI is InChI=1S/C11H22O5/c12-5-9-1-3-11(8-14,4-2-9)16-7-10(15)6-13/h9-10,12-15H,1-8H2. The van der Waals surface area contributed by atoms with Crippen LogP contribution in [0, 0.1) is 5.92 Å². The molecule has 1 aliphatic carbocycles. The zero-order valence-corrected chi connectivity index (χ0v) is 9.51. The molecule has 0 radical (unpaired) electrons. The van der Waals surface area contributed by atoms with E-state index in [4.69, 9.17) is 14.9 Å². The van der Waals surface area contributed by atoms with Gasteiger partial charge in [-0.05, 0) is 31.6 Å². The van der Waals surface area contributed by atoms with E-state index in [2.05, 4.69) is 0 Å². The normalized spacial score (nSPS) is 32.6. The fourth-order valence-electron chi connectivity index (χ4n) is 2.06. The Bertz CT molecular complexity index is 189. The van der Waals surface area contributed by atoms with E-state index in [1.54, 1.807) is 0 Å². The Labute approximate surface area is 95.7 Å². The second-order valence-electron chi connectivity index (χ2n) is 4.61. The Morgan fingerprint density at radius 2 is 1.81 bits per heavy atom. The molecule has 1 rings (SSSR count). The number of rotatable bonds is 6. The lowest BCUT2D eigenvalue weighted by atomic mass is 9.79. The van der Waals surface area contributed by atoms with Gasteiger partial charge in [-0.2, -0.15) is 0 Å². The molecule has 1 saturated carbocycles. The van der Waals surface area contributed by atoms with Gasteiger partial charge in [0, 0.05) is 6.61 Å². The van der Waals surface area contributed by atoms with E-state index in [1.165, 1.54) is 0 Å². The van der Waals surface area contributed by atoms with Gasteiger partial charge in [-0.15, -0.1) is 0 Å². The molecular formula is C11H22O5. The first kappa shape index (κ1) is 13.9. The van der Waals surface area contributed by atoms with Crippen LogP contribution in [0.4, 0.5) is 0 Å². The van der Waals surface area contributed by atoms with Crippen LogP contribution in [0.2, 0.25) is 0 Å². The third kappa shape index (κ3) is 3.68. The van der Waals surface area contributed by atoms with Crippen LogP contribution in [-0.4, -0.2) is 58.6 Å². The monoisotopic (exact) mass is 234 g/mol. The van der Waals surface area contributed by atoms with Crippen LogP contribution in [0.1, 0.15) is 25.7 Å². The SMILES string of the molecule is OCC(O)COC1(CO)CCC(CO)CC1. The van der Waals surface area contributed by atoms with E-state index in [0.29, 0.717) is 18.8 Å². The van der Waals surface area contributed by atoms with Crippen molar-refractivity contribution in [2.45, 2.75) is 37.4 Å². The molecule has 5 heteroatoms. The van der Waals surface area contributed by atoms with Crippen LogP contribution in [0.3, 0.4) is 0 Å². The van der Waals surface area contributed by atoms with Crippen molar-refractivity contribution >= 4 is 0 Å². The number of ether oxygens (including phenoxy) is 1. The molecule has 0 heterocycles. The van der Waals surface area contributed by atoms with Crippen molar-refractivity contribution in [1.82, 2.24) is 0 Å². The lowest BCUT2D eigenvalue weighted by Crippen LogP contribution is -2.43. The first-order chi connectivity index (χ1) is 7.65. The second-order valence-corrected chi connectivity index (χ2v) is 4.61. The zero-order valence-electron chi connectivity index (χ0n) is 9.51. The quantitative estimate of drug-likeness (QED) is 0.486. The highest BCUT2D eigenvalue weighted by Gasteiger charge is 2.35. The van der Waals surface area contributed by atoms with Crippen LogP contribution in [0.25, 0.3) is 0 Å². The Hall–Kier alpha value is -0.200. The van der Waals surface area contributed by atoms with Gasteiger partial charge in [0.25, 0.3) is 0 Å². The van der Waals surface area contributed by atoms with Crippen molar-refractivity contribution in [1.29, 1.82) is 0 Å². The minimum Gasteiger partial charge on any atom is -0.396 e. The third-order valence-corrected chi connectivity index (χ3v) is 3.36. The Balaban J connectivity index is 2.40. The summed E-state index contributed by atoms with van der Waals surface area (Å²) in [4.78, 5) is 0. The summed E-state index contributed by atoms with van der Waals surface area (Å²) in [5, 5.41) is 36.2. The van der Waals surface area contributed by atoms with Crippen molar-refractivity contribution in [3.8, 4) is 0 Å². The lowest BCUT2D eigenvalue weighted by Gasteiger charge is -2.38. The molecule has 1 fully saturated rings. The highest BCUT2D eigenvalue weighted by molar-refractivity contribution is 4.87. The topological polar surface area (TPSA) is 90.2 Å². The summed E-state index contributed by atoms with van der Waals surface area (Å²) < 4.78 is 5.52. The zero-order chi connectivity index (χ0) is 12.0. The van der Waals surface area contributed by atoms with E-state index in [9.17, 15) is 10.2 Å². The summed E-state index contributed by atoms with van der Waals surface area (Å²) in [7, 11) is 0. The van der Waals surface area contributed by atoms with E-state index < -0.39 is 11.7 Å². The number of aliphatic hydroxyl groups excluding tert-OH is 4. The molecule has 1 unspecified atom stereocenters. The van der Waals surface area contributed by atoms with Gasteiger partial charge in [-0.3, -0.25) is 0 Å². The van der Waals surface area contributed by atoms with Gasteiger partial charge in [0.2, 0.25) is 0 Å². The predicted molar refractivity (Wildman–Crippen MR) is 57.9 cm³/mol. The number of aliphatic hydroxyl groups is 4. The van der Waals surface area contributed by atoms with Gasteiger partial charge in [-0.25, -0.2) is 0 Å². The molecule has 96 valence electrons. The highest BCUT2D eigenvalue weighted by Crippen LogP contribution is 2.34. The maximum absolute atomic E-state index is 9.35. The van der Waals surface area contributed by atoms with Crippen molar-refractivity contribution < 1.29 is 25.2 Å². The molecule has 16 heavy (non-hydrogen) atoms. The smallest absolute Gasteiger partial charge is 0.100 e. The molecule has 0 aliphatic heterocycles. The average Bonchev–Trinajstić information content (AvgIpc) is 2.36. The first-order valence-electron chi connectivity index (χ1n) is 5.80. The largest absolute Gasteiger partial charge is 0.396 e. The molecule has 0 bridgehead atoms. The lowest BCUT2D eigenvalue weighted by molar-refractivity contribution is -0.134. The molecule has 0 aromatic heterocycles. The van der Waals surface area contributed by atoms with Crippen LogP contribution in [0.5, 0.6) is 0 Å². The van der Waals surface area contributed by atoms with Crippen LogP contribution >= 0.6 is 0 Å². The molecule has 0 aromatic carbocycles. The van der Waals surface area contributed by atoms with E-state index >= 15 is 0 Å². The molecule has 0 saturated heterocycles. The minimum absolute atomic E-state index is 0.0425. The van der Waals surface area contributed by atoms with E-state index in [1.807, 2.05) is 0 Å². The Morgan fingerprint density at radius 1 is 1.19 bits per heavy atom. The maximum atomic E-state index is 9.35. The van der Waals surface area contributed by atoms with Gasteiger partial charge in [0.1, 0.15) is 6.10 Å². The summed E-state index contributed by atoms with van der Waals surface area (Å²) >= 11 is 0. The molecule has 1 atom stereocenters. The Kier molecular flexibility index (Phi) is 5.64. The van der Waals surface area contributed by atoms with E-state index in [-0.39, 0.29) is 26.4 Å². The van der Waals surface area contributed by atoms with E-state index in [0.717, 1.165) is 12.8 Å². The summed E-state index contributed by atoms with van der Waals surface area (Å²) in [6.07, 6.45) is 2.14. The summed E-state index contributed by atoms with van der Waals surface area (Å²) in [6.45, 7) is -0.189. The molecule has 1 aliphatic rings. The molecule has 4 N–H and O–H groups in total. The highest BCUT2D eigenvalue weighted by atomic mass is 16.5. The van der Waals surface area contributed by atoms with Crippen LogP contribution < -0.4 is 0 Å². The van der Waals surface area contributed by atoms with Gasteiger partial charge < -0.3 is 25.2 Å². The van der Waals surface area contributed by atoms with Gasteiger partial charge in [0.15, 0.2) is 0 Å². The molecule has 0 amide bonds. The Morgan fingerprint density at radius 3 is 2.25 bits per heavy atom. The summed E-state index contributed by atoms with van der Waals surface area (Å²) in [6, 6.07) is 0. The van der Waals surface area contributed by atoms with Crippen molar-refractivity contribution in [2.75, 3.05) is 26.4 Å². The first-order valence-corrected chi connectivity index (χ1v) is 5.80. The fourth-order valence-corrected chi connectivity index (χ4v) is 2.06. The minimum atomic E-state index is -0.890. The van der Waals surface area contributed by atoms with Gasteiger partial charge in [0.05, 0.1) is 25.4 Å². The summed E-state index contributed by atoms with van der Waals surface area (Å²) in [5.41, 5.74) is -0.595. The number of hydrogen-bond donors (Lipinski definition) is 4. The number of hydrogen-bond acceptors (Lipinski definition) is 5. The molecule has 0 aromatic rings. The van der Waals surface area contributed by atoms with Gasteiger partial charge >= 0.3 is 0 Å². The maximum Gasteiger partial charge on any atom is 0.100 e. The third-order valence-electron chi connectivity index (χ3n) is 3.36. The van der Waals surface area contributed by atoms with Crippen molar-refractivity contribution in [3.05, 3.63) is 0 Å². The predicted octanol–water partition coefficient (Wildman–Crippen LogP) is -0.730. The molecule has 0 spiro atoms. The molecule has 5 nitrogen and oxygen atoms in total. The second kappa shape index (κ2) is 6.51. The summed E-state index contributed by atoms with van der Waals surface area (Å²) in [5.74, 6) is 0.297. The van der Waals surface area contributed by atoms with Crippen molar-refractivity contribution in [2.24, 2.45) is 5.92 Å².